The number of hydrogen-bond donors (Lipinski definition) is 1. The van der Waals surface area contributed by atoms with Crippen molar-refractivity contribution >= 4 is 5.97 Å². The average Bonchev–Trinajstić information content (AvgIpc) is 2.49. The number of hydrogen-bond acceptors (Lipinski definition) is 3. The van der Waals surface area contributed by atoms with Crippen LogP contribution in [0.25, 0.3) is 0 Å². The predicted octanol–water partition coefficient (Wildman–Crippen LogP) is 3.67. The summed E-state index contributed by atoms with van der Waals surface area (Å²) in [5, 5.41) is 3.37. The van der Waals surface area contributed by atoms with Gasteiger partial charge in [-0.3, -0.25) is 4.79 Å². The van der Waals surface area contributed by atoms with Crippen LogP contribution in [0, 0.1) is 11.3 Å². The number of rotatable bonds is 5. The first-order chi connectivity index (χ1) is 9.72. The van der Waals surface area contributed by atoms with E-state index in [4.69, 9.17) is 4.74 Å². The molecular weight excluding hydrogens is 250 g/mol. The van der Waals surface area contributed by atoms with Crippen molar-refractivity contribution in [2.45, 2.75) is 77.7 Å². The molecule has 0 amide bonds. The van der Waals surface area contributed by atoms with Crippen LogP contribution in [-0.4, -0.2) is 25.2 Å². The van der Waals surface area contributed by atoms with Crippen LogP contribution in [0.5, 0.6) is 0 Å². The minimum atomic E-state index is -0.199. The van der Waals surface area contributed by atoms with Gasteiger partial charge in [-0.1, -0.05) is 26.7 Å². The summed E-state index contributed by atoms with van der Waals surface area (Å²) in [6.07, 6.45) is 10.1. The molecule has 116 valence electrons. The van der Waals surface area contributed by atoms with Gasteiger partial charge in [0.05, 0.1) is 5.41 Å². The molecule has 0 aromatic rings. The molecular formula is C17H31NO2. The minimum Gasteiger partial charge on any atom is -0.462 e. The van der Waals surface area contributed by atoms with E-state index in [1.54, 1.807) is 0 Å². The molecule has 0 aromatic heterocycles. The summed E-state index contributed by atoms with van der Waals surface area (Å²) < 4.78 is 6.02. The molecule has 1 aliphatic carbocycles. The van der Waals surface area contributed by atoms with E-state index in [0.29, 0.717) is 5.92 Å². The molecule has 1 saturated carbocycles. The summed E-state index contributed by atoms with van der Waals surface area (Å²) >= 11 is 0. The molecule has 1 aliphatic heterocycles. The molecule has 20 heavy (non-hydrogen) atoms. The summed E-state index contributed by atoms with van der Waals surface area (Å²) in [6.45, 7) is 6.31. The molecule has 2 atom stereocenters. The van der Waals surface area contributed by atoms with Crippen molar-refractivity contribution in [3.8, 4) is 0 Å². The van der Waals surface area contributed by atoms with Crippen LogP contribution in [0.4, 0.5) is 0 Å². The van der Waals surface area contributed by atoms with Gasteiger partial charge >= 0.3 is 5.97 Å². The van der Waals surface area contributed by atoms with E-state index in [1.807, 2.05) is 0 Å². The second-order valence-corrected chi connectivity index (χ2v) is 6.68. The van der Waals surface area contributed by atoms with Gasteiger partial charge in [-0.25, -0.2) is 0 Å². The highest BCUT2D eigenvalue weighted by Crippen LogP contribution is 2.38. The third-order valence-corrected chi connectivity index (χ3v) is 5.34. The Kier molecular flexibility index (Phi) is 5.88. The Morgan fingerprint density at radius 3 is 2.55 bits per heavy atom. The van der Waals surface area contributed by atoms with Gasteiger partial charge in [0, 0.05) is 0 Å². The van der Waals surface area contributed by atoms with Crippen molar-refractivity contribution in [3.05, 3.63) is 0 Å². The summed E-state index contributed by atoms with van der Waals surface area (Å²) in [7, 11) is 0. The first kappa shape index (κ1) is 15.8. The number of carbonyl (C=O) groups excluding carboxylic acids is 1. The fourth-order valence-electron chi connectivity index (χ4n) is 4.00. The van der Waals surface area contributed by atoms with Crippen molar-refractivity contribution < 1.29 is 9.53 Å². The lowest BCUT2D eigenvalue weighted by Gasteiger charge is -2.38. The molecule has 0 aromatic carbocycles. The van der Waals surface area contributed by atoms with Crippen LogP contribution in [0.3, 0.4) is 0 Å². The van der Waals surface area contributed by atoms with Crippen molar-refractivity contribution in [2.75, 3.05) is 13.1 Å². The first-order valence-electron chi connectivity index (χ1n) is 8.63. The Bertz CT molecular complexity index is 305. The molecule has 1 saturated heterocycles. The van der Waals surface area contributed by atoms with Crippen molar-refractivity contribution in [1.82, 2.24) is 5.32 Å². The Labute approximate surface area is 123 Å². The number of piperidine rings is 1. The second kappa shape index (κ2) is 7.44. The molecule has 0 bridgehead atoms. The van der Waals surface area contributed by atoms with Gasteiger partial charge < -0.3 is 10.1 Å². The van der Waals surface area contributed by atoms with Crippen LogP contribution >= 0.6 is 0 Å². The standard InChI is InChI=1S/C17H31NO2/c1-3-9-17(10-12-18-13-11-17)16(19)20-15-8-6-5-7-14(15)4-2/h14-15,18H,3-13H2,1-2H3. The number of ether oxygens (including phenoxy) is 1. The third-order valence-electron chi connectivity index (χ3n) is 5.34. The fourth-order valence-corrected chi connectivity index (χ4v) is 4.00. The predicted molar refractivity (Wildman–Crippen MR) is 81.6 cm³/mol. The van der Waals surface area contributed by atoms with Gasteiger partial charge in [-0.2, -0.15) is 0 Å². The van der Waals surface area contributed by atoms with E-state index in [2.05, 4.69) is 19.2 Å². The van der Waals surface area contributed by atoms with Gasteiger partial charge in [-0.15, -0.1) is 0 Å². The smallest absolute Gasteiger partial charge is 0.312 e. The van der Waals surface area contributed by atoms with Gasteiger partial charge in [0.25, 0.3) is 0 Å². The summed E-state index contributed by atoms with van der Waals surface area (Å²) in [6, 6.07) is 0. The maximum atomic E-state index is 12.8. The minimum absolute atomic E-state index is 0.103. The zero-order valence-electron chi connectivity index (χ0n) is 13.2. The van der Waals surface area contributed by atoms with E-state index in [-0.39, 0.29) is 17.5 Å². The largest absolute Gasteiger partial charge is 0.462 e. The Balaban J connectivity index is 2.00. The SMILES string of the molecule is CCCC1(C(=O)OC2CCCCC2CC)CCNCC1. The van der Waals surface area contributed by atoms with E-state index in [1.165, 1.54) is 19.3 Å². The Morgan fingerprint density at radius 2 is 1.90 bits per heavy atom. The number of carbonyl (C=O) groups is 1. The first-order valence-corrected chi connectivity index (χ1v) is 8.63. The number of esters is 1. The van der Waals surface area contributed by atoms with Crippen molar-refractivity contribution in [1.29, 1.82) is 0 Å². The van der Waals surface area contributed by atoms with E-state index in [9.17, 15) is 4.79 Å². The van der Waals surface area contributed by atoms with Crippen molar-refractivity contribution in [2.24, 2.45) is 11.3 Å². The normalized spacial score (nSPS) is 29.9. The lowest BCUT2D eigenvalue weighted by Crippen LogP contribution is -2.45. The van der Waals surface area contributed by atoms with Crippen LogP contribution in [-0.2, 0) is 9.53 Å². The molecule has 2 unspecified atom stereocenters. The Hall–Kier alpha value is -0.570. The Morgan fingerprint density at radius 1 is 1.20 bits per heavy atom. The zero-order chi connectivity index (χ0) is 14.4. The van der Waals surface area contributed by atoms with Crippen LogP contribution < -0.4 is 5.32 Å². The molecule has 0 radical (unpaired) electrons. The number of nitrogens with one attached hydrogen (secondary N) is 1. The second-order valence-electron chi connectivity index (χ2n) is 6.68. The molecule has 2 fully saturated rings. The van der Waals surface area contributed by atoms with Gasteiger partial charge in [0.2, 0.25) is 0 Å². The molecule has 1 N–H and O–H groups in total. The fraction of sp³-hybridized carbons (Fsp3) is 0.941. The highest BCUT2D eigenvalue weighted by Gasteiger charge is 2.42. The van der Waals surface area contributed by atoms with Crippen LogP contribution in [0.15, 0.2) is 0 Å². The maximum Gasteiger partial charge on any atom is 0.312 e. The van der Waals surface area contributed by atoms with Gasteiger partial charge in [0.1, 0.15) is 6.10 Å². The monoisotopic (exact) mass is 281 g/mol. The van der Waals surface area contributed by atoms with Crippen LogP contribution in [0.1, 0.15) is 71.6 Å². The van der Waals surface area contributed by atoms with Crippen LogP contribution in [0.2, 0.25) is 0 Å². The highest BCUT2D eigenvalue weighted by molar-refractivity contribution is 5.77. The molecule has 1 heterocycles. The summed E-state index contributed by atoms with van der Waals surface area (Å²) in [4.78, 5) is 12.8. The third kappa shape index (κ3) is 3.55. The van der Waals surface area contributed by atoms with Gasteiger partial charge in [-0.05, 0) is 64.0 Å². The summed E-state index contributed by atoms with van der Waals surface area (Å²) in [5.41, 5.74) is -0.199. The lowest BCUT2D eigenvalue weighted by atomic mass is 9.75. The molecule has 2 rings (SSSR count). The van der Waals surface area contributed by atoms with Gasteiger partial charge in [0.15, 0.2) is 0 Å². The maximum absolute atomic E-state index is 12.8. The molecule has 3 nitrogen and oxygen atoms in total. The highest BCUT2D eigenvalue weighted by atomic mass is 16.5. The molecule has 2 aliphatic rings. The topological polar surface area (TPSA) is 38.3 Å². The lowest BCUT2D eigenvalue weighted by molar-refractivity contribution is -0.168. The molecule has 0 spiro atoms. The zero-order valence-corrected chi connectivity index (χ0v) is 13.2. The van der Waals surface area contributed by atoms with E-state index >= 15 is 0 Å². The molecule has 3 heteroatoms. The average molecular weight is 281 g/mol. The van der Waals surface area contributed by atoms with E-state index < -0.39 is 0 Å². The quantitative estimate of drug-likeness (QED) is 0.781. The summed E-state index contributed by atoms with van der Waals surface area (Å²) in [5.74, 6) is 0.694. The van der Waals surface area contributed by atoms with Crippen molar-refractivity contribution in [3.63, 3.8) is 0 Å². The van der Waals surface area contributed by atoms with E-state index in [0.717, 1.165) is 51.6 Å².